The highest BCUT2D eigenvalue weighted by atomic mass is 16.6. The largest absolute Gasteiger partial charge is 0.444 e. The molecule has 0 aliphatic rings. The standard InChI is InChI=1S/C19H24N2O3/c1-19(2,3)24-18(23)20-12-8-14-21-13-7-11-16(21)17(22)15-9-5-4-6-10-15/h4-7,9-11,13H,8,12,14H2,1-3H3,(H,20,23). The zero-order chi connectivity index (χ0) is 17.6. The number of hydrogen-bond donors (Lipinski definition) is 1. The lowest BCUT2D eigenvalue weighted by molar-refractivity contribution is 0.0526. The first kappa shape index (κ1) is 17.8. The quantitative estimate of drug-likeness (QED) is 0.650. The molecule has 0 saturated carbocycles. The number of ketones is 1. The lowest BCUT2D eigenvalue weighted by Crippen LogP contribution is -2.33. The van der Waals surface area contributed by atoms with Crippen LogP contribution in [0.1, 0.15) is 43.2 Å². The van der Waals surface area contributed by atoms with Crippen LogP contribution in [0.2, 0.25) is 0 Å². The zero-order valence-corrected chi connectivity index (χ0v) is 14.4. The highest BCUT2D eigenvalue weighted by Gasteiger charge is 2.16. The fourth-order valence-electron chi connectivity index (χ4n) is 2.31. The van der Waals surface area contributed by atoms with Gasteiger partial charge in [-0.05, 0) is 39.3 Å². The smallest absolute Gasteiger partial charge is 0.407 e. The van der Waals surface area contributed by atoms with E-state index in [0.29, 0.717) is 30.8 Å². The van der Waals surface area contributed by atoms with E-state index in [1.54, 1.807) is 0 Å². The third-order valence-corrected chi connectivity index (χ3v) is 3.34. The van der Waals surface area contributed by atoms with E-state index in [1.165, 1.54) is 0 Å². The van der Waals surface area contributed by atoms with E-state index in [9.17, 15) is 9.59 Å². The van der Waals surface area contributed by atoms with Gasteiger partial charge in [-0.1, -0.05) is 30.3 Å². The monoisotopic (exact) mass is 328 g/mol. The minimum absolute atomic E-state index is 0.000650. The van der Waals surface area contributed by atoms with Crippen molar-refractivity contribution in [2.45, 2.75) is 39.3 Å². The number of aromatic nitrogens is 1. The van der Waals surface area contributed by atoms with Crippen molar-refractivity contribution in [3.63, 3.8) is 0 Å². The van der Waals surface area contributed by atoms with Gasteiger partial charge in [-0.3, -0.25) is 4.79 Å². The summed E-state index contributed by atoms with van der Waals surface area (Å²) < 4.78 is 7.09. The number of alkyl carbamates (subject to hydrolysis) is 1. The van der Waals surface area contributed by atoms with Gasteiger partial charge in [0.2, 0.25) is 5.78 Å². The number of hydrogen-bond acceptors (Lipinski definition) is 3. The van der Waals surface area contributed by atoms with Crippen molar-refractivity contribution in [2.24, 2.45) is 0 Å². The number of amides is 1. The molecule has 0 saturated heterocycles. The van der Waals surface area contributed by atoms with Gasteiger partial charge in [-0.15, -0.1) is 0 Å². The number of benzene rings is 1. The summed E-state index contributed by atoms with van der Waals surface area (Å²) in [4.78, 5) is 24.1. The fraction of sp³-hybridized carbons (Fsp3) is 0.368. The Labute approximate surface area is 142 Å². The summed E-state index contributed by atoms with van der Waals surface area (Å²) in [7, 11) is 0. The highest BCUT2D eigenvalue weighted by Crippen LogP contribution is 2.11. The minimum atomic E-state index is -0.500. The second kappa shape index (κ2) is 7.81. The predicted molar refractivity (Wildman–Crippen MR) is 93.2 cm³/mol. The highest BCUT2D eigenvalue weighted by molar-refractivity contribution is 6.07. The van der Waals surface area contributed by atoms with Gasteiger partial charge in [-0.2, -0.15) is 0 Å². The van der Waals surface area contributed by atoms with E-state index in [4.69, 9.17) is 4.74 Å². The minimum Gasteiger partial charge on any atom is -0.444 e. The molecule has 5 heteroatoms. The van der Waals surface area contributed by atoms with Gasteiger partial charge >= 0.3 is 6.09 Å². The summed E-state index contributed by atoms with van der Waals surface area (Å²) >= 11 is 0. The molecular formula is C19H24N2O3. The van der Waals surface area contributed by atoms with Crippen LogP contribution in [-0.2, 0) is 11.3 Å². The number of carbonyl (C=O) groups excluding carboxylic acids is 2. The van der Waals surface area contributed by atoms with Crippen LogP contribution < -0.4 is 5.32 Å². The van der Waals surface area contributed by atoms with Gasteiger partial charge in [0.05, 0.1) is 5.69 Å². The fourth-order valence-corrected chi connectivity index (χ4v) is 2.31. The van der Waals surface area contributed by atoms with Crippen LogP contribution in [0, 0.1) is 0 Å². The Kier molecular flexibility index (Phi) is 5.79. The number of rotatable bonds is 6. The lowest BCUT2D eigenvalue weighted by Gasteiger charge is -2.19. The molecule has 1 heterocycles. The third-order valence-electron chi connectivity index (χ3n) is 3.34. The molecule has 24 heavy (non-hydrogen) atoms. The van der Waals surface area contributed by atoms with E-state index in [2.05, 4.69) is 5.32 Å². The normalized spacial score (nSPS) is 11.1. The molecular weight excluding hydrogens is 304 g/mol. The first-order valence-corrected chi connectivity index (χ1v) is 8.08. The molecule has 5 nitrogen and oxygen atoms in total. The Morgan fingerprint density at radius 3 is 2.46 bits per heavy atom. The molecule has 0 spiro atoms. The Morgan fingerprint density at radius 2 is 1.79 bits per heavy atom. The molecule has 0 bridgehead atoms. The van der Waals surface area contributed by atoms with Gasteiger partial charge in [0.1, 0.15) is 5.60 Å². The number of nitrogens with zero attached hydrogens (tertiary/aromatic N) is 1. The van der Waals surface area contributed by atoms with E-state index < -0.39 is 11.7 Å². The average molecular weight is 328 g/mol. The Bertz CT molecular complexity index is 684. The third kappa shape index (κ3) is 5.26. The van der Waals surface area contributed by atoms with E-state index >= 15 is 0 Å². The van der Waals surface area contributed by atoms with Crippen molar-refractivity contribution in [2.75, 3.05) is 6.54 Å². The lowest BCUT2D eigenvalue weighted by atomic mass is 10.1. The molecule has 1 aromatic heterocycles. The Hall–Kier alpha value is -2.56. The molecule has 128 valence electrons. The molecule has 0 aliphatic carbocycles. The van der Waals surface area contributed by atoms with Crippen LogP contribution in [0.5, 0.6) is 0 Å². The second-order valence-corrected chi connectivity index (χ2v) is 6.56. The molecule has 0 atom stereocenters. The molecule has 0 unspecified atom stereocenters. The van der Waals surface area contributed by atoms with Crippen molar-refractivity contribution >= 4 is 11.9 Å². The number of carbonyl (C=O) groups is 2. The van der Waals surface area contributed by atoms with Gasteiger partial charge < -0.3 is 14.6 Å². The van der Waals surface area contributed by atoms with E-state index in [1.807, 2.05) is 74.0 Å². The summed E-state index contributed by atoms with van der Waals surface area (Å²) in [6.07, 6.45) is 2.17. The van der Waals surface area contributed by atoms with Crippen molar-refractivity contribution in [1.82, 2.24) is 9.88 Å². The van der Waals surface area contributed by atoms with Crippen molar-refractivity contribution in [3.05, 3.63) is 59.9 Å². The van der Waals surface area contributed by atoms with Crippen LogP contribution in [-0.4, -0.2) is 28.6 Å². The molecule has 1 N–H and O–H groups in total. The van der Waals surface area contributed by atoms with Crippen LogP contribution in [0.25, 0.3) is 0 Å². The first-order chi connectivity index (χ1) is 11.4. The maximum atomic E-state index is 12.5. The topological polar surface area (TPSA) is 60.3 Å². The first-order valence-electron chi connectivity index (χ1n) is 8.08. The van der Waals surface area contributed by atoms with Crippen LogP contribution in [0.4, 0.5) is 4.79 Å². The van der Waals surface area contributed by atoms with Gasteiger partial charge in [0, 0.05) is 24.8 Å². The predicted octanol–water partition coefficient (Wildman–Crippen LogP) is 3.63. The van der Waals surface area contributed by atoms with Crippen LogP contribution in [0.15, 0.2) is 48.7 Å². The van der Waals surface area contributed by atoms with E-state index in [0.717, 1.165) is 0 Å². The molecule has 0 radical (unpaired) electrons. The number of aryl methyl sites for hydroxylation is 1. The maximum Gasteiger partial charge on any atom is 0.407 e. The summed E-state index contributed by atoms with van der Waals surface area (Å²) in [6, 6.07) is 12.9. The summed E-state index contributed by atoms with van der Waals surface area (Å²) in [5.74, 6) is 0.000650. The molecule has 2 aromatic rings. The van der Waals surface area contributed by atoms with Crippen molar-refractivity contribution < 1.29 is 14.3 Å². The summed E-state index contributed by atoms with van der Waals surface area (Å²) in [6.45, 7) is 6.62. The number of ether oxygens (including phenoxy) is 1. The van der Waals surface area contributed by atoms with Gasteiger partial charge in [0.25, 0.3) is 0 Å². The van der Waals surface area contributed by atoms with Crippen LogP contribution >= 0.6 is 0 Å². The maximum absolute atomic E-state index is 12.5. The SMILES string of the molecule is CC(C)(C)OC(=O)NCCCn1cccc1C(=O)c1ccccc1. The van der Waals surface area contributed by atoms with Gasteiger partial charge in [0.15, 0.2) is 0 Å². The average Bonchev–Trinajstić information content (AvgIpc) is 2.98. The Morgan fingerprint density at radius 1 is 1.08 bits per heavy atom. The summed E-state index contributed by atoms with van der Waals surface area (Å²) in [5.41, 5.74) is 0.822. The van der Waals surface area contributed by atoms with E-state index in [-0.39, 0.29) is 5.78 Å². The van der Waals surface area contributed by atoms with Crippen molar-refractivity contribution in [1.29, 1.82) is 0 Å². The van der Waals surface area contributed by atoms with Crippen molar-refractivity contribution in [3.8, 4) is 0 Å². The molecule has 0 aliphatic heterocycles. The Balaban J connectivity index is 1.86. The summed E-state index contributed by atoms with van der Waals surface area (Å²) in [5, 5.41) is 2.72. The zero-order valence-electron chi connectivity index (χ0n) is 14.4. The number of nitrogens with one attached hydrogen (secondary N) is 1. The second-order valence-electron chi connectivity index (χ2n) is 6.56. The molecule has 1 amide bonds. The van der Waals surface area contributed by atoms with Crippen LogP contribution in [0.3, 0.4) is 0 Å². The molecule has 1 aromatic carbocycles. The van der Waals surface area contributed by atoms with Gasteiger partial charge in [-0.25, -0.2) is 4.79 Å². The molecule has 0 fully saturated rings. The molecule has 2 rings (SSSR count).